The number of carbonyl (C=O) groups is 1. The fourth-order valence-corrected chi connectivity index (χ4v) is 4.14. The Labute approximate surface area is 195 Å². The zero-order chi connectivity index (χ0) is 23.2. The number of carbonyl (C=O) groups excluding carboxylic acids is 1. The number of para-hydroxylation sites is 1. The lowest BCUT2D eigenvalue weighted by Crippen LogP contribution is -2.24. The molecule has 33 heavy (non-hydrogen) atoms. The second-order valence-electron chi connectivity index (χ2n) is 7.22. The van der Waals surface area contributed by atoms with Crippen molar-refractivity contribution in [2.75, 3.05) is 25.3 Å². The summed E-state index contributed by atoms with van der Waals surface area (Å²) in [5.74, 6) is 1.30. The van der Waals surface area contributed by atoms with Gasteiger partial charge in [0.1, 0.15) is 11.5 Å². The van der Waals surface area contributed by atoms with Crippen LogP contribution in [0.5, 0.6) is 11.5 Å². The van der Waals surface area contributed by atoms with Crippen molar-refractivity contribution in [2.45, 2.75) is 11.7 Å². The number of hydrogen-bond acceptors (Lipinski definition) is 6. The van der Waals surface area contributed by atoms with E-state index in [9.17, 15) is 9.59 Å². The molecule has 4 rings (SSSR count). The van der Waals surface area contributed by atoms with Crippen molar-refractivity contribution in [3.8, 4) is 11.5 Å². The first-order chi connectivity index (χ1) is 16.1. The summed E-state index contributed by atoms with van der Waals surface area (Å²) in [6, 6.07) is 21.9. The van der Waals surface area contributed by atoms with E-state index < -0.39 is 0 Å². The minimum atomic E-state index is -0.202. The van der Waals surface area contributed by atoms with E-state index in [0.29, 0.717) is 34.0 Å². The predicted molar refractivity (Wildman–Crippen MR) is 130 cm³/mol. The molecular formula is C25H23N3O4S. The molecule has 7 nitrogen and oxygen atoms in total. The Kier molecular flexibility index (Phi) is 6.95. The molecular weight excluding hydrogens is 438 g/mol. The molecule has 0 radical (unpaired) electrons. The molecule has 0 aliphatic rings. The number of rotatable bonds is 8. The second kappa shape index (κ2) is 10.2. The molecule has 168 valence electrons. The Balaban J connectivity index is 1.59. The molecule has 0 saturated heterocycles. The van der Waals surface area contributed by atoms with Crippen LogP contribution in [-0.4, -0.2) is 35.4 Å². The summed E-state index contributed by atoms with van der Waals surface area (Å²) in [5, 5.41) is 3.87. The summed E-state index contributed by atoms with van der Waals surface area (Å²) >= 11 is 1.22. The third-order valence-corrected chi connectivity index (χ3v) is 5.99. The van der Waals surface area contributed by atoms with Gasteiger partial charge in [0.15, 0.2) is 5.16 Å². The Bertz CT molecular complexity index is 1340. The third kappa shape index (κ3) is 5.35. The predicted octanol–water partition coefficient (Wildman–Crippen LogP) is 4.19. The van der Waals surface area contributed by atoms with Crippen LogP contribution in [0.4, 0.5) is 5.69 Å². The number of amides is 1. The highest BCUT2D eigenvalue weighted by Crippen LogP contribution is 2.21. The molecule has 4 aromatic rings. The van der Waals surface area contributed by atoms with Crippen LogP contribution in [0.2, 0.25) is 0 Å². The summed E-state index contributed by atoms with van der Waals surface area (Å²) in [5.41, 5.74) is 2.02. The number of hydrogen-bond donors (Lipinski definition) is 1. The molecule has 0 atom stereocenters. The van der Waals surface area contributed by atoms with E-state index in [2.05, 4.69) is 10.3 Å². The van der Waals surface area contributed by atoms with Crippen LogP contribution in [0.25, 0.3) is 10.9 Å². The number of nitrogens with zero attached hydrogens (tertiary/aromatic N) is 2. The topological polar surface area (TPSA) is 82.4 Å². The lowest BCUT2D eigenvalue weighted by Gasteiger charge is -2.14. The van der Waals surface area contributed by atoms with Gasteiger partial charge in [-0.25, -0.2) is 4.98 Å². The van der Waals surface area contributed by atoms with Crippen molar-refractivity contribution in [1.29, 1.82) is 0 Å². The van der Waals surface area contributed by atoms with Gasteiger partial charge in [0.25, 0.3) is 5.56 Å². The van der Waals surface area contributed by atoms with Gasteiger partial charge in [-0.05, 0) is 42.0 Å². The molecule has 8 heteroatoms. The van der Waals surface area contributed by atoms with Crippen molar-refractivity contribution in [1.82, 2.24) is 9.55 Å². The molecule has 1 aromatic heterocycles. The van der Waals surface area contributed by atoms with E-state index in [4.69, 9.17) is 9.47 Å². The fraction of sp³-hybridized carbons (Fsp3) is 0.160. The Morgan fingerprint density at radius 1 is 0.970 bits per heavy atom. The summed E-state index contributed by atoms with van der Waals surface area (Å²) in [4.78, 5) is 30.5. The van der Waals surface area contributed by atoms with Gasteiger partial charge >= 0.3 is 0 Å². The average molecular weight is 462 g/mol. The van der Waals surface area contributed by atoms with Crippen LogP contribution in [0, 0.1) is 0 Å². The maximum atomic E-state index is 13.3. The molecule has 3 aromatic carbocycles. The number of nitrogens with one attached hydrogen (secondary N) is 1. The fourth-order valence-electron chi connectivity index (χ4n) is 3.34. The summed E-state index contributed by atoms with van der Waals surface area (Å²) in [6.07, 6.45) is 0. The summed E-state index contributed by atoms with van der Waals surface area (Å²) in [6.45, 7) is 0.334. The van der Waals surface area contributed by atoms with Crippen LogP contribution in [0.15, 0.2) is 82.7 Å². The first kappa shape index (κ1) is 22.4. The largest absolute Gasteiger partial charge is 0.497 e. The van der Waals surface area contributed by atoms with Gasteiger partial charge in [0.05, 0.1) is 37.4 Å². The molecule has 0 spiro atoms. The van der Waals surface area contributed by atoms with Crippen LogP contribution < -0.4 is 20.3 Å². The number of fused-ring (bicyclic) bond motifs is 1. The van der Waals surface area contributed by atoms with E-state index >= 15 is 0 Å². The quantitative estimate of drug-likeness (QED) is 0.313. The molecule has 0 aliphatic carbocycles. The van der Waals surface area contributed by atoms with Crippen LogP contribution in [0.1, 0.15) is 5.56 Å². The number of aromatic nitrogens is 2. The maximum absolute atomic E-state index is 13.3. The van der Waals surface area contributed by atoms with E-state index in [-0.39, 0.29) is 17.2 Å². The van der Waals surface area contributed by atoms with Gasteiger partial charge in [-0.15, -0.1) is 0 Å². The molecule has 1 N–H and O–H groups in total. The summed E-state index contributed by atoms with van der Waals surface area (Å²) < 4.78 is 12.0. The van der Waals surface area contributed by atoms with E-state index in [1.54, 1.807) is 55.2 Å². The second-order valence-corrected chi connectivity index (χ2v) is 8.16. The number of benzene rings is 3. The van der Waals surface area contributed by atoms with Gasteiger partial charge in [0.2, 0.25) is 5.91 Å². The van der Waals surface area contributed by atoms with E-state index in [0.717, 1.165) is 11.3 Å². The zero-order valence-electron chi connectivity index (χ0n) is 18.3. The van der Waals surface area contributed by atoms with Crippen molar-refractivity contribution >= 4 is 34.3 Å². The number of thioether (sulfide) groups is 1. The Morgan fingerprint density at radius 2 is 1.73 bits per heavy atom. The van der Waals surface area contributed by atoms with Crippen LogP contribution in [-0.2, 0) is 11.3 Å². The maximum Gasteiger partial charge on any atom is 0.262 e. The van der Waals surface area contributed by atoms with E-state index in [1.165, 1.54) is 11.8 Å². The average Bonchev–Trinajstić information content (AvgIpc) is 2.85. The molecule has 1 heterocycles. The van der Waals surface area contributed by atoms with Crippen LogP contribution in [0.3, 0.4) is 0 Å². The number of ether oxygens (including phenoxy) is 2. The van der Waals surface area contributed by atoms with Gasteiger partial charge < -0.3 is 14.8 Å². The summed E-state index contributed by atoms with van der Waals surface area (Å²) in [7, 11) is 3.18. The van der Waals surface area contributed by atoms with Crippen LogP contribution >= 0.6 is 11.8 Å². The third-order valence-electron chi connectivity index (χ3n) is 5.01. The van der Waals surface area contributed by atoms with Crippen molar-refractivity contribution in [2.24, 2.45) is 0 Å². The smallest absolute Gasteiger partial charge is 0.262 e. The molecule has 0 fully saturated rings. The minimum Gasteiger partial charge on any atom is -0.497 e. The minimum absolute atomic E-state index is 0.102. The van der Waals surface area contributed by atoms with E-state index in [1.807, 2.05) is 36.4 Å². The van der Waals surface area contributed by atoms with Crippen molar-refractivity contribution < 1.29 is 14.3 Å². The lowest BCUT2D eigenvalue weighted by molar-refractivity contribution is -0.113. The van der Waals surface area contributed by atoms with Gasteiger partial charge in [-0.2, -0.15) is 0 Å². The SMILES string of the molecule is COc1ccc(Cn2c(SCC(=O)Nc3cccc(OC)c3)nc3ccccc3c2=O)cc1. The highest BCUT2D eigenvalue weighted by Gasteiger charge is 2.14. The Morgan fingerprint density at radius 3 is 2.48 bits per heavy atom. The monoisotopic (exact) mass is 461 g/mol. The number of anilines is 1. The highest BCUT2D eigenvalue weighted by molar-refractivity contribution is 7.99. The molecule has 0 saturated carbocycles. The Hall–Kier alpha value is -3.78. The number of methoxy groups -OCH3 is 2. The molecule has 0 unspecified atom stereocenters. The van der Waals surface area contributed by atoms with Gasteiger partial charge in [0, 0.05) is 11.8 Å². The molecule has 0 aliphatic heterocycles. The van der Waals surface area contributed by atoms with Gasteiger partial charge in [-0.3, -0.25) is 14.2 Å². The van der Waals surface area contributed by atoms with Crippen molar-refractivity contribution in [3.05, 3.63) is 88.7 Å². The molecule has 1 amide bonds. The lowest BCUT2D eigenvalue weighted by atomic mass is 10.2. The molecule has 0 bridgehead atoms. The zero-order valence-corrected chi connectivity index (χ0v) is 19.1. The highest BCUT2D eigenvalue weighted by atomic mass is 32.2. The van der Waals surface area contributed by atoms with Gasteiger partial charge in [-0.1, -0.05) is 42.1 Å². The standard InChI is InChI=1S/C25H23N3O4S/c1-31-19-12-10-17(11-13-19)15-28-24(30)21-8-3-4-9-22(21)27-25(28)33-16-23(29)26-18-6-5-7-20(14-18)32-2/h3-14H,15-16H2,1-2H3,(H,26,29). The first-order valence-electron chi connectivity index (χ1n) is 10.3. The van der Waals surface area contributed by atoms with Crippen molar-refractivity contribution in [3.63, 3.8) is 0 Å². The normalized spacial score (nSPS) is 10.7. The first-order valence-corrected chi connectivity index (χ1v) is 11.2.